The van der Waals surface area contributed by atoms with Crippen LogP contribution in [0.3, 0.4) is 0 Å². The topological polar surface area (TPSA) is 63.4 Å². The zero-order valence-electron chi connectivity index (χ0n) is 16.7. The molecule has 0 N–H and O–H groups in total. The van der Waals surface area contributed by atoms with Gasteiger partial charge in [0.1, 0.15) is 12.7 Å². The lowest BCUT2D eigenvalue weighted by molar-refractivity contribution is -0.114. The number of anilines is 1. The van der Waals surface area contributed by atoms with E-state index in [1.165, 1.54) is 11.3 Å². The normalized spacial score (nSPS) is 14.8. The summed E-state index contributed by atoms with van der Waals surface area (Å²) in [6.45, 7) is 0. The molecule has 4 aromatic rings. The quantitative estimate of drug-likeness (QED) is 0.465. The summed E-state index contributed by atoms with van der Waals surface area (Å²) >= 11 is 0. The van der Waals surface area contributed by atoms with Gasteiger partial charge in [-0.25, -0.2) is 9.67 Å². The molecular formula is C25H19N5O. The van der Waals surface area contributed by atoms with Crippen molar-refractivity contribution < 1.29 is 4.79 Å². The Morgan fingerprint density at radius 1 is 0.806 bits per heavy atom. The van der Waals surface area contributed by atoms with Gasteiger partial charge in [0.2, 0.25) is 0 Å². The van der Waals surface area contributed by atoms with Crippen LogP contribution in [0, 0.1) is 0 Å². The Morgan fingerprint density at radius 2 is 1.52 bits per heavy atom. The van der Waals surface area contributed by atoms with Crippen molar-refractivity contribution in [3.8, 4) is 5.69 Å². The van der Waals surface area contributed by atoms with Gasteiger partial charge in [0.25, 0.3) is 5.91 Å². The minimum absolute atomic E-state index is 0.127. The fourth-order valence-electron chi connectivity index (χ4n) is 3.50. The Hall–Kier alpha value is -4.32. The van der Waals surface area contributed by atoms with E-state index in [1.54, 1.807) is 11.0 Å². The molecule has 0 saturated carbocycles. The summed E-state index contributed by atoms with van der Waals surface area (Å²) in [5, 5.41) is 10.3. The molecule has 1 aliphatic rings. The van der Waals surface area contributed by atoms with Crippen molar-refractivity contribution in [2.75, 3.05) is 5.01 Å². The minimum Gasteiger partial charge on any atom is -0.267 e. The third-order valence-corrected chi connectivity index (χ3v) is 5.06. The Labute approximate surface area is 179 Å². The lowest BCUT2D eigenvalue weighted by Crippen LogP contribution is -2.21. The van der Waals surface area contributed by atoms with Crippen LogP contribution in [-0.4, -0.2) is 26.4 Å². The molecule has 0 saturated heterocycles. The van der Waals surface area contributed by atoms with Crippen molar-refractivity contribution in [1.29, 1.82) is 0 Å². The standard InChI is InChI=1S/C25H19N5O/c31-25-23(15-20-11-13-21(14-12-20)29-18-26-17-27-29)24(16-19-7-3-1-4-8-19)28-30(25)22-9-5-2-6-10-22/h1-15,17-18H,16H2/b23-15-. The molecule has 0 bridgehead atoms. The molecule has 1 aliphatic heterocycles. The van der Waals surface area contributed by atoms with Gasteiger partial charge in [-0.1, -0.05) is 60.7 Å². The van der Waals surface area contributed by atoms with Crippen LogP contribution in [0.5, 0.6) is 0 Å². The van der Waals surface area contributed by atoms with Gasteiger partial charge >= 0.3 is 0 Å². The van der Waals surface area contributed by atoms with Crippen molar-refractivity contribution in [3.05, 3.63) is 114 Å². The van der Waals surface area contributed by atoms with Gasteiger partial charge in [0, 0.05) is 6.42 Å². The predicted molar refractivity (Wildman–Crippen MR) is 121 cm³/mol. The molecule has 0 atom stereocenters. The van der Waals surface area contributed by atoms with Crippen LogP contribution >= 0.6 is 0 Å². The van der Waals surface area contributed by atoms with Crippen molar-refractivity contribution in [2.24, 2.45) is 5.10 Å². The highest BCUT2D eigenvalue weighted by atomic mass is 16.2. The molecule has 2 heterocycles. The zero-order chi connectivity index (χ0) is 21.0. The van der Waals surface area contributed by atoms with Gasteiger partial charge in [-0.2, -0.15) is 15.2 Å². The van der Waals surface area contributed by atoms with E-state index >= 15 is 0 Å². The second-order valence-corrected chi connectivity index (χ2v) is 7.15. The number of carbonyl (C=O) groups excluding carboxylic acids is 1. The maximum atomic E-state index is 13.3. The Morgan fingerprint density at radius 3 is 2.19 bits per heavy atom. The van der Waals surface area contributed by atoms with Gasteiger partial charge in [0.05, 0.1) is 22.7 Å². The summed E-state index contributed by atoms with van der Waals surface area (Å²) in [6.07, 6.45) is 5.63. The third kappa shape index (κ3) is 3.91. The molecular weight excluding hydrogens is 386 g/mol. The van der Waals surface area contributed by atoms with Crippen LogP contribution in [0.2, 0.25) is 0 Å². The van der Waals surface area contributed by atoms with E-state index in [0.29, 0.717) is 12.0 Å². The molecule has 3 aromatic carbocycles. The monoisotopic (exact) mass is 405 g/mol. The number of carbonyl (C=O) groups is 1. The first kappa shape index (κ1) is 18.7. The summed E-state index contributed by atoms with van der Waals surface area (Å²) < 4.78 is 1.69. The number of hydrazone groups is 1. The van der Waals surface area contributed by atoms with E-state index in [-0.39, 0.29) is 5.91 Å². The first-order chi connectivity index (χ1) is 15.3. The fraction of sp³-hybridized carbons (Fsp3) is 0.0400. The Balaban J connectivity index is 1.50. The van der Waals surface area contributed by atoms with Crippen molar-refractivity contribution in [2.45, 2.75) is 6.42 Å². The van der Waals surface area contributed by atoms with E-state index in [2.05, 4.69) is 15.2 Å². The molecule has 6 nitrogen and oxygen atoms in total. The maximum absolute atomic E-state index is 13.3. The van der Waals surface area contributed by atoms with E-state index in [1.807, 2.05) is 91.0 Å². The summed E-state index contributed by atoms with van der Waals surface area (Å²) in [5.41, 5.74) is 5.03. The molecule has 0 spiro atoms. The predicted octanol–water partition coefficient (Wildman–Crippen LogP) is 4.30. The average molecular weight is 405 g/mol. The summed E-state index contributed by atoms with van der Waals surface area (Å²) in [7, 11) is 0. The highest BCUT2D eigenvalue weighted by Crippen LogP contribution is 2.26. The molecule has 0 aliphatic carbocycles. The van der Waals surface area contributed by atoms with Crippen LogP contribution < -0.4 is 5.01 Å². The van der Waals surface area contributed by atoms with Gasteiger partial charge in [-0.05, 0) is 41.5 Å². The molecule has 150 valence electrons. The lowest BCUT2D eigenvalue weighted by atomic mass is 10.00. The Bertz CT molecular complexity index is 1240. The van der Waals surface area contributed by atoms with Gasteiger partial charge in [0.15, 0.2) is 0 Å². The maximum Gasteiger partial charge on any atom is 0.280 e. The highest BCUT2D eigenvalue weighted by molar-refractivity contribution is 6.33. The summed E-state index contributed by atoms with van der Waals surface area (Å²) in [4.78, 5) is 17.3. The van der Waals surface area contributed by atoms with Crippen molar-refractivity contribution in [3.63, 3.8) is 0 Å². The van der Waals surface area contributed by atoms with E-state index in [9.17, 15) is 4.79 Å². The second-order valence-electron chi connectivity index (χ2n) is 7.15. The van der Waals surface area contributed by atoms with Crippen LogP contribution in [0.1, 0.15) is 11.1 Å². The molecule has 0 fully saturated rings. The number of benzene rings is 3. The fourth-order valence-corrected chi connectivity index (χ4v) is 3.50. The van der Waals surface area contributed by atoms with Gasteiger partial charge < -0.3 is 0 Å². The Kier molecular flexibility index (Phi) is 4.94. The molecule has 6 heteroatoms. The van der Waals surface area contributed by atoms with E-state index < -0.39 is 0 Å². The minimum atomic E-state index is -0.127. The third-order valence-electron chi connectivity index (χ3n) is 5.06. The summed E-state index contributed by atoms with van der Waals surface area (Å²) in [6, 6.07) is 27.4. The molecule has 0 radical (unpaired) electrons. The number of amides is 1. The largest absolute Gasteiger partial charge is 0.280 e. The van der Waals surface area contributed by atoms with Gasteiger partial charge in [-0.3, -0.25) is 4.79 Å². The van der Waals surface area contributed by atoms with Crippen LogP contribution in [0.15, 0.2) is 108 Å². The van der Waals surface area contributed by atoms with Crippen LogP contribution in [0.4, 0.5) is 5.69 Å². The summed E-state index contributed by atoms with van der Waals surface area (Å²) in [5.74, 6) is -0.127. The first-order valence-electron chi connectivity index (χ1n) is 9.96. The highest BCUT2D eigenvalue weighted by Gasteiger charge is 2.31. The number of hydrogen-bond acceptors (Lipinski definition) is 4. The van der Waals surface area contributed by atoms with Crippen molar-refractivity contribution >= 4 is 23.4 Å². The van der Waals surface area contributed by atoms with E-state index in [4.69, 9.17) is 0 Å². The average Bonchev–Trinajstić information content (AvgIpc) is 3.46. The molecule has 5 rings (SSSR count). The lowest BCUT2D eigenvalue weighted by Gasteiger charge is -2.11. The molecule has 0 unspecified atom stereocenters. The molecule has 1 aromatic heterocycles. The number of hydrogen-bond donors (Lipinski definition) is 0. The van der Waals surface area contributed by atoms with Crippen molar-refractivity contribution in [1.82, 2.24) is 14.8 Å². The second kappa shape index (κ2) is 8.20. The SMILES string of the molecule is O=C1/C(=C\c2ccc(-n3cncn3)cc2)C(Cc2ccccc2)=NN1c1ccccc1. The number of aromatic nitrogens is 3. The smallest absolute Gasteiger partial charge is 0.267 e. The molecule has 1 amide bonds. The van der Waals surface area contributed by atoms with E-state index in [0.717, 1.165) is 28.2 Å². The number of nitrogens with zero attached hydrogens (tertiary/aromatic N) is 5. The number of para-hydroxylation sites is 1. The first-order valence-corrected chi connectivity index (χ1v) is 9.96. The van der Waals surface area contributed by atoms with Crippen LogP contribution in [-0.2, 0) is 11.2 Å². The molecule has 31 heavy (non-hydrogen) atoms. The van der Waals surface area contributed by atoms with Gasteiger partial charge in [-0.15, -0.1) is 0 Å². The number of rotatable bonds is 5. The zero-order valence-corrected chi connectivity index (χ0v) is 16.7. The van der Waals surface area contributed by atoms with Crippen LogP contribution in [0.25, 0.3) is 11.8 Å².